The van der Waals surface area contributed by atoms with Crippen LogP contribution < -0.4 is 4.90 Å². The van der Waals surface area contributed by atoms with Crippen molar-refractivity contribution in [2.24, 2.45) is 5.92 Å². The van der Waals surface area contributed by atoms with Crippen LogP contribution in [0.1, 0.15) is 40.7 Å². The molecule has 6 heteroatoms. The Kier molecular flexibility index (Phi) is 6.45. The van der Waals surface area contributed by atoms with E-state index in [0.717, 1.165) is 29.2 Å². The average molecular weight is 445 g/mol. The molecule has 33 heavy (non-hydrogen) atoms. The van der Waals surface area contributed by atoms with E-state index in [1.54, 1.807) is 4.90 Å². The Morgan fingerprint density at radius 1 is 1.00 bits per heavy atom. The largest absolute Gasteiger partial charge is 0.457 e. The van der Waals surface area contributed by atoms with Crippen LogP contribution in [0.5, 0.6) is 0 Å². The van der Waals surface area contributed by atoms with Crippen molar-refractivity contribution < 1.29 is 19.1 Å². The molecule has 0 aliphatic carbocycles. The van der Waals surface area contributed by atoms with Crippen LogP contribution in [0.25, 0.3) is 5.69 Å². The number of aryl methyl sites for hydroxylation is 2. The van der Waals surface area contributed by atoms with E-state index in [4.69, 9.17) is 4.74 Å². The Hall–Kier alpha value is -3.67. The smallest absolute Gasteiger partial charge is 0.311 e. The summed E-state index contributed by atoms with van der Waals surface area (Å²) in [6.07, 6.45) is 1.01. The maximum Gasteiger partial charge on any atom is 0.311 e. The van der Waals surface area contributed by atoms with Crippen molar-refractivity contribution in [3.63, 3.8) is 0 Å². The number of para-hydroxylation sites is 1. The van der Waals surface area contributed by atoms with Gasteiger partial charge in [0.15, 0.2) is 6.61 Å². The molecular weight excluding hydrogens is 416 g/mol. The Balaban J connectivity index is 1.39. The highest BCUT2D eigenvalue weighted by Gasteiger charge is 2.36. The normalized spacial score (nSPS) is 15.7. The Labute approximate surface area is 193 Å². The van der Waals surface area contributed by atoms with Crippen molar-refractivity contribution in [1.82, 2.24) is 4.57 Å². The molecular formula is C27H28N2O4. The van der Waals surface area contributed by atoms with E-state index in [0.29, 0.717) is 5.56 Å². The number of ether oxygens (including phenoxy) is 1. The van der Waals surface area contributed by atoms with Gasteiger partial charge < -0.3 is 14.2 Å². The number of ketones is 1. The summed E-state index contributed by atoms with van der Waals surface area (Å²) < 4.78 is 7.35. The molecule has 1 unspecified atom stereocenters. The van der Waals surface area contributed by atoms with Crippen LogP contribution in [0.4, 0.5) is 5.69 Å². The van der Waals surface area contributed by atoms with E-state index in [1.165, 1.54) is 5.56 Å². The highest BCUT2D eigenvalue weighted by atomic mass is 16.5. The number of rotatable bonds is 7. The molecule has 170 valence electrons. The topological polar surface area (TPSA) is 68.6 Å². The van der Waals surface area contributed by atoms with Gasteiger partial charge in [-0.1, -0.05) is 37.3 Å². The summed E-state index contributed by atoms with van der Waals surface area (Å²) in [6.45, 7) is 5.82. The number of carbonyl (C=O) groups is 3. The monoisotopic (exact) mass is 444 g/mol. The Morgan fingerprint density at radius 3 is 2.36 bits per heavy atom. The van der Waals surface area contributed by atoms with Crippen LogP contribution in [0.15, 0.2) is 60.7 Å². The number of hydrogen-bond donors (Lipinski definition) is 0. The number of anilines is 1. The minimum absolute atomic E-state index is 0.0884. The van der Waals surface area contributed by atoms with Crippen LogP contribution in [-0.2, 0) is 20.7 Å². The molecule has 1 aromatic heterocycles. The van der Waals surface area contributed by atoms with Gasteiger partial charge in [0.25, 0.3) is 0 Å². The highest BCUT2D eigenvalue weighted by molar-refractivity contribution is 6.01. The van der Waals surface area contributed by atoms with Crippen LogP contribution >= 0.6 is 0 Å². The van der Waals surface area contributed by atoms with Gasteiger partial charge in [0.05, 0.1) is 5.92 Å². The summed E-state index contributed by atoms with van der Waals surface area (Å²) in [4.78, 5) is 39.5. The van der Waals surface area contributed by atoms with Crippen molar-refractivity contribution in [1.29, 1.82) is 0 Å². The summed E-state index contributed by atoms with van der Waals surface area (Å²) in [5, 5.41) is 0. The molecule has 3 aromatic rings. The number of nitrogens with zero attached hydrogens (tertiary/aromatic N) is 2. The second kappa shape index (κ2) is 9.45. The van der Waals surface area contributed by atoms with Crippen LogP contribution in [0, 0.1) is 19.8 Å². The number of amides is 1. The lowest BCUT2D eigenvalue weighted by molar-refractivity contribution is -0.147. The van der Waals surface area contributed by atoms with Crippen LogP contribution in [-0.4, -0.2) is 35.4 Å². The molecule has 0 saturated carbocycles. The van der Waals surface area contributed by atoms with E-state index in [9.17, 15) is 14.4 Å². The van der Waals surface area contributed by atoms with Crippen LogP contribution in [0.2, 0.25) is 0 Å². The molecule has 1 aliphatic rings. The third-order valence-corrected chi connectivity index (χ3v) is 6.21. The molecule has 4 rings (SSSR count). The lowest BCUT2D eigenvalue weighted by Gasteiger charge is -2.17. The van der Waals surface area contributed by atoms with E-state index >= 15 is 0 Å². The second-order valence-corrected chi connectivity index (χ2v) is 8.41. The van der Waals surface area contributed by atoms with Gasteiger partial charge in [-0.05, 0) is 56.2 Å². The molecule has 2 aromatic carbocycles. The van der Waals surface area contributed by atoms with Gasteiger partial charge in [-0.3, -0.25) is 14.4 Å². The van der Waals surface area contributed by atoms with Crippen molar-refractivity contribution in [3.05, 3.63) is 83.2 Å². The number of aromatic nitrogens is 1. The summed E-state index contributed by atoms with van der Waals surface area (Å²) in [5.74, 6) is -1.46. The molecule has 1 atom stereocenters. The summed E-state index contributed by atoms with van der Waals surface area (Å²) >= 11 is 0. The molecule has 6 nitrogen and oxygen atoms in total. The first-order valence-electron chi connectivity index (χ1n) is 11.2. The van der Waals surface area contributed by atoms with Crippen molar-refractivity contribution in [3.8, 4) is 5.69 Å². The fourth-order valence-electron chi connectivity index (χ4n) is 4.38. The predicted octanol–water partition coefficient (Wildman–Crippen LogP) is 4.44. The zero-order valence-electron chi connectivity index (χ0n) is 19.2. The molecule has 1 fully saturated rings. The summed E-state index contributed by atoms with van der Waals surface area (Å²) in [7, 11) is 0. The van der Waals surface area contributed by atoms with E-state index in [2.05, 4.69) is 6.92 Å². The first kappa shape index (κ1) is 22.5. The minimum atomic E-state index is -0.576. The third-order valence-electron chi connectivity index (χ3n) is 6.21. The number of esters is 1. The van der Waals surface area contributed by atoms with Gasteiger partial charge in [0.1, 0.15) is 0 Å². The van der Waals surface area contributed by atoms with E-state index in [1.807, 2.05) is 79.1 Å². The zero-order valence-corrected chi connectivity index (χ0v) is 19.2. The molecule has 0 radical (unpaired) electrons. The number of Topliss-reactive ketones (excluding diaryl/α,β-unsaturated/α-hetero) is 1. The fraction of sp³-hybridized carbons (Fsp3) is 0.296. The molecule has 2 heterocycles. The lowest BCUT2D eigenvalue weighted by atomic mass is 10.1. The Bertz CT molecular complexity index is 1180. The third kappa shape index (κ3) is 4.60. The molecule has 0 spiro atoms. The fourth-order valence-corrected chi connectivity index (χ4v) is 4.38. The van der Waals surface area contributed by atoms with Gasteiger partial charge in [-0.2, -0.15) is 0 Å². The first-order chi connectivity index (χ1) is 15.9. The average Bonchev–Trinajstić information content (AvgIpc) is 3.37. The number of hydrogen-bond acceptors (Lipinski definition) is 4. The van der Waals surface area contributed by atoms with Crippen LogP contribution in [0.3, 0.4) is 0 Å². The van der Waals surface area contributed by atoms with Gasteiger partial charge >= 0.3 is 5.97 Å². The molecule has 1 aliphatic heterocycles. The van der Waals surface area contributed by atoms with Crippen molar-refractivity contribution in [2.45, 2.75) is 33.6 Å². The van der Waals surface area contributed by atoms with Gasteiger partial charge in [0, 0.05) is 41.3 Å². The van der Waals surface area contributed by atoms with E-state index < -0.39 is 11.9 Å². The Morgan fingerprint density at radius 2 is 1.70 bits per heavy atom. The summed E-state index contributed by atoms with van der Waals surface area (Å²) in [6, 6.07) is 19.4. The predicted molar refractivity (Wildman–Crippen MR) is 127 cm³/mol. The maximum atomic E-state index is 12.8. The van der Waals surface area contributed by atoms with Crippen molar-refractivity contribution in [2.75, 3.05) is 18.1 Å². The molecule has 0 bridgehead atoms. The first-order valence-corrected chi connectivity index (χ1v) is 11.2. The van der Waals surface area contributed by atoms with Gasteiger partial charge in [0.2, 0.25) is 11.7 Å². The lowest BCUT2D eigenvalue weighted by Crippen LogP contribution is -2.27. The summed E-state index contributed by atoms with van der Waals surface area (Å²) in [5.41, 5.74) is 5.20. The number of benzene rings is 2. The van der Waals surface area contributed by atoms with Gasteiger partial charge in [-0.15, -0.1) is 0 Å². The quantitative estimate of drug-likeness (QED) is 0.399. The highest BCUT2D eigenvalue weighted by Crippen LogP contribution is 2.27. The van der Waals surface area contributed by atoms with Crippen molar-refractivity contribution >= 4 is 23.3 Å². The molecule has 1 saturated heterocycles. The SMILES string of the molecule is CCc1ccc(N2CC(C(=O)OCC(=O)c3cc(C)n(-c4ccccc4)c3C)CC2=O)cc1. The second-order valence-electron chi connectivity index (χ2n) is 8.41. The zero-order chi connectivity index (χ0) is 23.5. The van der Waals surface area contributed by atoms with Gasteiger partial charge in [-0.25, -0.2) is 0 Å². The molecule has 0 N–H and O–H groups in total. The maximum absolute atomic E-state index is 12.8. The standard InChI is InChI=1S/C27H28N2O4/c1-4-20-10-12-22(13-11-20)28-16-21(15-26(28)31)27(32)33-17-25(30)24-14-18(2)29(19(24)3)23-8-6-5-7-9-23/h5-14,21H,4,15-17H2,1-3H3. The minimum Gasteiger partial charge on any atom is -0.457 e. The van der Waals surface area contributed by atoms with E-state index in [-0.39, 0.29) is 31.3 Å². The number of carbonyl (C=O) groups excluding carboxylic acids is 3. The molecule has 1 amide bonds.